The van der Waals surface area contributed by atoms with E-state index in [2.05, 4.69) is 73.0 Å². The maximum atomic E-state index is 13.3. The van der Waals surface area contributed by atoms with Gasteiger partial charge >= 0.3 is 0 Å². The number of amides is 1. The third-order valence-corrected chi connectivity index (χ3v) is 16.7. The Morgan fingerprint density at radius 2 is 1.48 bits per heavy atom. The van der Waals surface area contributed by atoms with Crippen molar-refractivity contribution in [2.75, 3.05) is 6.61 Å². The molecule has 2 saturated heterocycles. The molecule has 0 aromatic carbocycles. The van der Waals surface area contributed by atoms with E-state index in [0.29, 0.717) is 0 Å². The fraction of sp³-hybridized carbons (Fsp3) is 0.957. The summed E-state index contributed by atoms with van der Waals surface area (Å²) in [6, 6.07) is -0.589. The number of ether oxygens (including phenoxy) is 2. The Kier molecular flexibility index (Phi) is 8.12. The molecule has 10 heteroatoms. The molecule has 2 rings (SSSR count). The Balaban J connectivity index is 2.49. The molecular formula is C23H47NO7Si2. The first-order valence-electron chi connectivity index (χ1n) is 11.9. The van der Waals surface area contributed by atoms with Crippen LogP contribution >= 0.6 is 0 Å². The van der Waals surface area contributed by atoms with E-state index in [0.717, 1.165) is 0 Å². The van der Waals surface area contributed by atoms with Crippen molar-refractivity contribution in [2.45, 2.75) is 134 Å². The minimum Gasteiger partial charge on any atom is -0.409 e. The van der Waals surface area contributed by atoms with Crippen molar-refractivity contribution >= 4 is 22.5 Å². The second-order valence-corrected chi connectivity index (χ2v) is 22.5. The lowest BCUT2D eigenvalue weighted by Gasteiger charge is -2.44. The smallest absolute Gasteiger partial charge is 0.251 e. The average Bonchev–Trinajstić information content (AvgIpc) is 3.09. The molecule has 2 aliphatic heterocycles. The lowest BCUT2D eigenvalue weighted by molar-refractivity contribution is -0.159. The zero-order chi connectivity index (χ0) is 25.8. The van der Waals surface area contributed by atoms with Gasteiger partial charge in [-0.05, 0) is 50.1 Å². The van der Waals surface area contributed by atoms with Gasteiger partial charge < -0.3 is 33.9 Å². The SMILES string of the molecule is CC1(C)O[C@H]([C@@H]2NC(=O)[C@H](O[Si](C)(C)C(C)(C)C)[C@H]2O[Si](C)(C)C(C)(C)C)[C@@H]([C@H](O)CO)O1. The van der Waals surface area contributed by atoms with Gasteiger partial charge in [-0.1, -0.05) is 41.5 Å². The van der Waals surface area contributed by atoms with Crippen molar-refractivity contribution < 1.29 is 33.3 Å². The summed E-state index contributed by atoms with van der Waals surface area (Å²) >= 11 is 0. The third-order valence-electron chi connectivity index (χ3n) is 7.77. The van der Waals surface area contributed by atoms with E-state index in [-0.39, 0.29) is 16.0 Å². The van der Waals surface area contributed by atoms with Crippen LogP contribution in [0.5, 0.6) is 0 Å². The van der Waals surface area contributed by atoms with Crippen molar-refractivity contribution in [3.63, 3.8) is 0 Å². The number of aliphatic hydroxyl groups is 2. The van der Waals surface area contributed by atoms with E-state index in [9.17, 15) is 15.0 Å². The van der Waals surface area contributed by atoms with Crippen LogP contribution in [0.25, 0.3) is 0 Å². The summed E-state index contributed by atoms with van der Waals surface area (Å²) in [4.78, 5) is 13.3. The first-order chi connectivity index (χ1) is 14.6. The molecule has 8 nitrogen and oxygen atoms in total. The van der Waals surface area contributed by atoms with Gasteiger partial charge in [0.05, 0.1) is 12.6 Å². The summed E-state index contributed by atoms with van der Waals surface area (Å²) < 4.78 is 25.6. The first-order valence-corrected chi connectivity index (χ1v) is 17.8. The zero-order valence-corrected chi connectivity index (χ0v) is 24.6. The number of hydrogen-bond acceptors (Lipinski definition) is 7. The predicted octanol–water partition coefficient (Wildman–Crippen LogP) is 3.14. The highest BCUT2D eigenvalue weighted by Crippen LogP contribution is 2.43. The molecule has 1 amide bonds. The summed E-state index contributed by atoms with van der Waals surface area (Å²) in [6.07, 6.45) is -4.06. The van der Waals surface area contributed by atoms with Crippen LogP contribution in [-0.2, 0) is 23.1 Å². The molecule has 2 fully saturated rings. The molecule has 0 aromatic rings. The van der Waals surface area contributed by atoms with Crippen LogP contribution in [0.1, 0.15) is 55.4 Å². The lowest BCUT2D eigenvalue weighted by atomic mass is 9.97. The minimum absolute atomic E-state index is 0.0823. The van der Waals surface area contributed by atoms with E-state index >= 15 is 0 Å². The van der Waals surface area contributed by atoms with E-state index in [4.69, 9.17) is 18.3 Å². The molecule has 2 aliphatic rings. The van der Waals surface area contributed by atoms with Gasteiger partial charge in [0.1, 0.15) is 24.4 Å². The van der Waals surface area contributed by atoms with Crippen molar-refractivity contribution in [3.8, 4) is 0 Å². The quantitative estimate of drug-likeness (QED) is 0.456. The molecule has 6 atom stereocenters. The molecule has 194 valence electrons. The van der Waals surface area contributed by atoms with Crippen molar-refractivity contribution in [3.05, 3.63) is 0 Å². The second-order valence-electron chi connectivity index (χ2n) is 13.0. The maximum Gasteiger partial charge on any atom is 0.251 e. The highest BCUT2D eigenvalue weighted by Gasteiger charge is 2.59. The standard InChI is InChI=1S/C23H47NO7Si2/c1-21(2,3)32(9,10)30-18-15(17-16(14(26)13-25)28-23(7,8)29-17)24-20(27)19(18)31-33(11,12)22(4,5)6/h14-19,25-26H,13H2,1-12H3,(H,24,27)/t14-,15+,16-,17-,18+,19-/m1/s1. The van der Waals surface area contributed by atoms with Gasteiger partial charge in [0, 0.05) is 0 Å². The number of rotatable bonds is 7. The van der Waals surface area contributed by atoms with Gasteiger partial charge in [0.15, 0.2) is 28.5 Å². The van der Waals surface area contributed by atoms with E-state index in [1.165, 1.54) is 0 Å². The van der Waals surface area contributed by atoms with Crippen LogP contribution in [-0.4, -0.2) is 81.7 Å². The van der Waals surface area contributed by atoms with E-state index in [1.807, 2.05) is 0 Å². The van der Waals surface area contributed by atoms with E-state index in [1.54, 1.807) is 13.8 Å². The first kappa shape index (κ1) is 28.9. The molecule has 0 radical (unpaired) electrons. The van der Waals surface area contributed by atoms with Crippen molar-refractivity contribution in [1.29, 1.82) is 0 Å². The normalized spacial score (nSPS) is 32.2. The third kappa shape index (κ3) is 6.09. The minimum atomic E-state index is -2.31. The van der Waals surface area contributed by atoms with Crippen LogP contribution in [0, 0.1) is 0 Å². The van der Waals surface area contributed by atoms with Gasteiger partial charge in [0.2, 0.25) is 0 Å². The van der Waals surface area contributed by atoms with Crippen LogP contribution < -0.4 is 5.32 Å². The number of hydrogen-bond donors (Lipinski definition) is 3. The van der Waals surface area contributed by atoms with Gasteiger partial charge in [-0.25, -0.2) is 0 Å². The Hall–Kier alpha value is -0.336. The Labute approximate surface area is 202 Å². The highest BCUT2D eigenvalue weighted by atomic mass is 28.4. The maximum absolute atomic E-state index is 13.3. The summed E-state index contributed by atoms with van der Waals surface area (Å²) in [5.41, 5.74) is 0. The van der Waals surface area contributed by atoms with Crippen molar-refractivity contribution in [2.24, 2.45) is 0 Å². The number of carbonyl (C=O) groups is 1. The Bertz CT molecular complexity index is 715. The molecule has 0 aromatic heterocycles. The predicted molar refractivity (Wildman–Crippen MR) is 133 cm³/mol. The topological polar surface area (TPSA) is 106 Å². The average molecular weight is 506 g/mol. The molecule has 0 bridgehead atoms. The molecule has 0 spiro atoms. The molecule has 0 saturated carbocycles. The van der Waals surface area contributed by atoms with Crippen LogP contribution in [0.15, 0.2) is 0 Å². The molecule has 3 N–H and O–H groups in total. The van der Waals surface area contributed by atoms with Gasteiger partial charge in [-0.3, -0.25) is 4.79 Å². The lowest BCUT2D eigenvalue weighted by Crippen LogP contribution is -2.57. The fourth-order valence-electron chi connectivity index (χ4n) is 3.70. The summed E-state index contributed by atoms with van der Waals surface area (Å²) in [7, 11) is -4.62. The van der Waals surface area contributed by atoms with E-state index < -0.39 is 65.6 Å². The summed E-state index contributed by atoms with van der Waals surface area (Å²) in [6.45, 7) is 24.4. The van der Waals surface area contributed by atoms with Crippen LogP contribution in [0.2, 0.25) is 36.3 Å². The van der Waals surface area contributed by atoms with Gasteiger partial charge in [-0.2, -0.15) is 0 Å². The zero-order valence-electron chi connectivity index (χ0n) is 22.6. The Morgan fingerprint density at radius 3 is 1.94 bits per heavy atom. The second kappa shape index (κ2) is 9.27. The van der Waals surface area contributed by atoms with Crippen LogP contribution in [0.4, 0.5) is 0 Å². The number of nitrogens with one attached hydrogen (secondary N) is 1. The summed E-state index contributed by atoms with van der Waals surface area (Å²) in [5.74, 6) is -1.21. The molecule has 33 heavy (non-hydrogen) atoms. The molecule has 2 heterocycles. The fourth-order valence-corrected chi connectivity index (χ4v) is 6.23. The monoisotopic (exact) mass is 505 g/mol. The summed E-state index contributed by atoms with van der Waals surface area (Å²) in [5, 5.41) is 23.0. The molecular weight excluding hydrogens is 458 g/mol. The van der Waals surface area contributed by atoms with Crippen LogP contribution in [0.3, 0.4) is 0 Å². The molecule has 0 aliphatic carbocycles. The molecule has 0 unspecified atom stereocenters. The van der Waals surface area contributed by atoms with Gasteiger partial charge in [0.25, 0.3) is 5.91 Å². The Morgan fingerprint density at radius 1 is 1.00 bits per heavy atom. The number of carbonyl (C=O) groups excluding carboxylic acids is 1. The van der Waals surface area contributed by atoms with Gasteiger partial charge in [-0.15, -0.1) is 0 Å². The van der Waals surface area contributed by atoms with Crippen molar-refractivity contribution in [1.82, 2.24) is 5.32 Å². The number of aliphatic hydroxyl groups excluding tert-OH is 2. The highest BCUT2D eigenvalue weighted by molar-refractivity contribution is 6.74. The largest absolute Gasteiger partial charge is 0.409 e.